The topological polar surface area (TPSA) is 90.2 Å². The van der Waals surface area contributed by atoms with E-state index in [0.29, 0.717) is 34.9 Å². The lowest BCUT2D eigenvalue weighted by Crippen LogP contribution is -2.01. The minimum atomic E-state index is 0.589. The Morgan fingerprint density at radius 3 is 1.07 bits per heavy atom. The van der Waals surface area contributed by atoms with Gasteiger partial charge < -0.3 is 0 Å². The molecule has 68 heavy (non-hydrogen) atoms. The third kappa shape index (κ3) is 8.72. The Kier molecular flexibility index (Phi) is 11.3. The summed E-state index contributed by atoms with van der Waals surface area (Å²) >= 11 is 0. The minimum Gasteiger partial charge on any atom is -0.258 e. The van der Waals surface area contributed by atoms with Crippen molar-refractivity contribution in [3.8, 4) is 113 Å². The molecule has 0 aliphatic carbocycles. The van der Waals surface area contributed by atoms with Crippen LogP contribution in [0, 0.1) is 13.8 Å². The maximum absolute atomic E-state index is 5.15. The van der Waals surface area contributed by atoms with E-state index in [-0.39, 0.29) is 0 Å². The van der Waals surface area contributed by atoms with Crippen LogP contribution in [-0.2, 0) is 0 Å². The van der Waals surface area contributed by atoms with E-state index in [1.807, 2.05) is 117 Å². The fraction of sp³-hybridized carbons (Fsp3) is 0.0328. The summed E-state index contributed by atoms with van der Waals surface area (Å²) < 4.78 is 0. The lowest BCUT2D eigenvalue weighted by atomic mass is 9.88. The van der Waals surface area contributed by atoms with Crippen molar-refractivity contribution in [2.24, 2.45) is 0 Å². The summed E-state index contributed by atoms with van der Waals surface area (Å²) in [7, 11) is 0. The first kappa shape index (κ1) is 41.6. The Balaban J connectivity index is 1.05. The predicted molar refractivity (Wildman–Crippen MR) is 275 cm³/mol. The standard InChI is InChI=1S/C61H43N7/c1-40-36-51(37-41(2)62-40)49-34-35-53(52-28-15-16-29-54(52)61-67-57(45-22-11-5-12-23-45)64-58(68-61)46-24-13-6-14-25-46)55(39-49)43-30-32-47(33-31-43)59-63-56(44-20-9-4-10-21-44)65-60(66-59)50-27-17-26-48(38-50)42-18-7-3-8-19-42/h3-39H,1-2H3. The lowest BCUT2D eigenvalue weighted by Gasteiger charge is -2.17. The molecule has 0 radical (unpaired) electrons. The summed E-state index contributed by atoms with van der Waals surface area (Å²) in [5, 5.41) is 0. The summed E-state index contributed by atoms with van der Waals surface area (Å²) in [6, 6.07) is 76.9. The van der Waals surface area contributed by atoms with Crippen LogP contribution in [0.5, 0.6) is 0 Å². The SMILES string of the molecule is Cc1cc(-c2ccc(-c3ccccc3-c3nc(-c4ccccc4)nc(-c4ccccc4)n3)c(-c3ccc(-c4nc(-c5ccccc5)nc(-c5cccc(-c6ccccc6)c5)n4)cc3)c2)cc(C)n1. The largest absolute Gasteiger partial charge is 0.258 e. The molecule has 0 N–H and O–H groups in total. The highest BCUT2D eigenvalue weighted by Gasteiger charge is 2.20. The van der Waals surface area contributed by atoms with Gasteiger partial charge in [0.25, 0.3) is 0 Å². The van der Waals surface area contributed by atoms with Gasteiger partial charge in [0.15, 0.2) is 34.9 Å². The zero-order valence-corrected chi connectivity index (χ0v) is 37.5. The van der Waals surface area contributed by atoms with Gasteiger partial charge in [0.2, 0.25) is 0 Å². The third-order valence-electron chi connectivity index (χ3n) is 11.9. The van der Waals surface area contributed by atoms with E-state index >= 15 is 0 Å². The van der Waals surface area contributed by atoms with E-state index in [4.69, 9.17) is 29.9 Å². The molecule has 0 aliphatic rings. The van der Waals surface area contributed by atoms with Crippen LogP contribution in [0.4, 0.5) is 0 Å². The van der Waals surface area contributed by atoms with Crippen molar-refractivity contribution in [1.29, 1.82) is 0 Å². The quantitative estimate of drug-likeness (QED) is 0.135. The molecule has 8 aromatic carbocycles. The van der Waals surface area contributed by atoms with E-state index in [1.165, 1.54) is 0 Å². The Bertz CT molecular complexity index is 3480. The molecule has 0 aliphatic heterocycles. The van der Waals surface area contributed by atoms with Gasteiger partial charge in [0.05, 0.1) is 0 Å². The molecule has 11 rings (SSSR count). The van der Waals surface area contributed by atoms with Gasteiger partial charge in [-0.1, -0.05) is 200 Å². The molecule has 7 nitrogen and oxygen atoms in total. The maximum atomic E-state index is 5.15. The highest BCUT2D eigenvalue weighted by atomic mass is 15.0. The molecule has 11 aromatic rings. The minimum absolute atomic E-state index is 0.589. The smallest absolute Gasteiger partial charge is 0.164 e. The van der Waals surface area contributed by atoms with Gasteiger partial charge in [-0.3, -0.25) is 4.98 Å². The van der Waals surface area contributed by atoms with Crippen LogP contribution >= 0.6 is 0 Å². The van der Waals surface area contributed by atoms with Crippen molar-refractivity contribution in [2.45, 2.75) is 13.8 Å². The van der Waals surface area contributed by atoms with Gasteiger partial charge in [-0.15, -0.1) is 0 Å². The van der Waals surface area contributed by atoms with Gasteiger partial charge in [-0.25, -0.2) is 29.9 Å². The first-order chi connectivity index (χ1) is 33.5. The van der Waals surface area contributed by atoms with Crippen LogP contribution in [0.1, 0.15) is 11.4 Å². The first-order valence-electron chi connectivity index (χ1n) is 22.6. The lowest BCUT2D eigenvalue weighted by molar-refractivity contribution is 1.07. The Morgan fingerprint density at radius 2 is 0.544 bits per heavy atom. The number of hydrogen-bond acceptors (Lipinski definition) is 7. The molecule has 0 unspecified atom stereocenters. The number of aryl methyl sites for hydroxylation is 2. The second kappa shape index (κ2) is 18.4. The molecule has 0 spiro atoms. The zero-order chi connectivity index (χ0) is 45.8. The molecule has 0 atom stereocenters. The Morgan fingerprint density at radius 1 is 0.191 bits per heavy atom. The van der Waals surface area contributed by atoms with Gasteiger partial charge in [-0.05, 0) is 82.6 Å². The number of aromatic nitrogens is 7. The van der Waals surface area contributed by atoms with Crippen molar-refractivity contribution < 1.29 is 0 Å². The Hall–Kier alpha value is -9.07. The molecular formula is C61H43N7. The second-order valence-electron chi connectivity index (χ2n) is 16.7. The second-order valence-corrected chi connectivity index (χ2v) is 16.7. The molecule has 0 saturated heterocycles. The molecule has 7 heteroatoms. The van der Waals surface area contributed by atoms with Crippen LogP contribution in [0.15, 0.2) is 224 Å². The Labute approximate surface area is 395 Å². The average molecular weight is 874 g/mol. The number of rotatable bonds is 10. The van der Waals surface area contributed by atoms with Crippen molar-refractivity contribution in [3.05, 3.63) is 236 Å². The van der Waals surface area contributed by atoms with Crippen molar-refractivity contribution in [3.63, 3.8) is 0 Å². The first-order valence-corrected chi connectivity index (χ1v) is 22.6. The molecular weight excluding hydrogens is 831 g/mol. The van der Waals surface area contributed by atoms with Crippen molar-refractivity contribution in [1.82, 2.24) is 34.9 Å². The molecule has 3 heterocycles. The number of nitrogens with zero attached hydrogens (tertiary/aromatic N) is 7. The van der Waals surface area contributed by atoms with Gasteiger partial charge in [-0.2, -0.15) is 0 Å². The van der Waals surface area contributed by atoms with Crippen LogP contribution in [-0.4, -0.2) is 34.9 Å². The van der Waals surface area contributed by atoms with E-state index in [9.17, 15) is 0 Å². The van der Waals surface area contributed by atoms with Gasteiger partial charge in [0.1, 0.15) is 0 Å². The van der Waals surface area contributed by atoms with Crippen LogP contribution in [0.2, 0.25) is 0 Å². The van der Waals surface area contributed by atoms with Gasteiger partial charge >= 0.3 is 0 Å². The molecule has 0 amide bonds. The molecule has 3 aromatic heterocycles. The summed E-state index contributed by atoms with van der Waals surface area (Å²) in [5.41, 5.74) is 15.9. The normalized spacial score (nSPS) is 11.1. The number of pyridine rings is 1. The van der Waals surface area contributed by atoms with Crippen LogP contribution in [0.3, 0.4) is 0 Å². The van der Waals surface area contributed by atoms with E-state index in [2.05, 4.69) is 126 Å². The molecule has 0 bridgehead atoms. The van der Waals surface area contributed by atoms with Crippen LogP contribution in [0.25, 0.3) is 113 Å². The van der Waals surface area contributed by atoms with E-state index in [0.717, 1.165) is 89.3 Å². The monoisotopic (exact) mass is 873 g/mol. The molecule has 0 fully saturated rings. The number of hydrogen-bond donors (Lipinski definition) is 0. The third-order valence-corrected chi connectivity index (χ3v) is 11.9. The van der Waals surface area contributed by atoms with Crippen molar-refractivity contribution >= 4 is 0 Å². The van der Waals surface area contributed by atoms with Crippen LogP contribution < -0.4 is 0 Å². The predicted octanol–water partition coefficient (Wildman–Crippen LogP) is 14.7. The summed E-state index contributed by atoms with van der Waals surface area (Å²) in [5.74, 6) is 3.62. The fourth-order valence-electron chi connectivity index (χ4n) is 8.66. The molecule has 322 valence electrons. The van der Waals surface area contributed by atoms with Crippen molar-refractivity contribution in [2.75, 3.05) is 0 Å². The summed E-state index contributed by atoms with van der Waals surface area (Å²) in [6.07, 6.45) is 0. The zero-order valence-electron chi connectivity index (χ0n) is 37.5. The van der Waals surface area contributed by atoms with E-state index < -0.39 is 0 Å². The summed E-state index contributed by atoms with van der Waals surface area (Å²) in [6.45, 7) is 4.08. The average Bonchev–Trinajstić information content (AvgIpc) is 3.41. The highest BCUT2D eigenvalue weighted by Crippen LogP contribution is 2.41. The maximum Gasteiger partial charge on any atom is 0.164 e. The summed E-state index contributed by atoms with van der Waals surface area (Å²) in [4.78, 5) is 35.2. The fourth-order valence-corrected chi connectivity index (χ4v) is 8.66. The van der Waals surface area contributed by atoms with E-state index in [1.54, 1.807) is 0 Å². The molecule has 0 saturated carbocycles. The van der Waals surface area contributed by atoms with Gasteiger partial charge in [0, 0.05) is 44.8 Å². The highest BCUT2D eigenvalue weighted by molar-refractivity contribution is 5.93. The number of benzene rings is 8.